The van der Waals surface area contributed by atoms with Crippen molar-refractivity contribution in [1.82, 2.24) is 5.32 Å². The van der Waals surface area contributed by atoms with Crippen LogP contribution in [0.25, 0.3) is 0 Å². The number of amides is 1. The molecule has 0 heterocycles. The monoisotopic (exact) mass is 416 g/mol. The van der Waals surface area contributed by atoms with E-state index in [9.17, 15) is 9.59 Å². The topological polar surface area (TPSA) is 58.6 Å². The zero-order valence-electron chi connectivity index (χ0n) is 18.0. The summed E-state index contributed by atoms with van der Waals surface area (Å²) < 4.78 is 5.25. The first-order chi connectivity index (χ1) is 15.0. The Bertz CT molecular complexity index is 973. The summed E-state index contributed by atoms with van der Waals surface area (Å²) in [6.45, 7) is 2.23. The summed E-state index contributed by atoms with van der Waals surface area (Å²) >= 11 is 0. The number of carbonyl (C=O) groups excluding carboxylic acids is 2. The van der Waals surface area contributed by atoms with Crippen molar-refractivity contribution in [3.8, 4) is 5.75 Å². The third-order valence-electron chi connectivity index (χ3n) is 5.10. The minimum Gasteiger partial charge on any atom is -0.497 e. The van der Waals surface area contributed by atoms with Gasteiger partial charge in [0.2, 0.25) is 5.91 Å². The molecule has 1 amide bonds. The summed E-state index contributed by atoms with van der Waals surface area (Å²) in [4.78, 5) is 27.1. The summed E-state index contributed by atoms with van der Waals surface area (Å²) in [7, 11) is 1.62. The molecule has 3 aromatic rings. The van der Waals surface area contributed by atoms with Crippen LogP contribution < -0.4 is 15.0 Å². The first-order valence-corrected chi connectivity index (χ1v) is 10.3. The fourth-order valence-corrected chi connectivity index (χ4v) is 3.39. The Kier molecular flexibility index (Phi) is 7.82. The fraction of sp³-hybridized carbons (Fsp3) is 0.231. The van der Waals surface area contributed by atoms with Crippen LogP contribution in [-0.4, -0.2) is 31.4 Å². The molecule has 0 aliphatic rings. The standard InChI is InChI=1S/C26H28N2O3/c1-20(29)25(17-21-9-5-3-6-10-21)27-26(30)19-28(18-22-11-7-4-8-12-22)23-13-15-24(31-2)16-14-23/h3-16,25H,17-19H2,1-2H3,(H,27,30). The SMILES string of the molecule is COc1ccc(N(CC(=O)NC(Cc2ccccc2)C(C)=O)Cc2ccccc2)cc1. The number of benzene rings is 3. The average Bonchev–Trinajstić information content (AvgIpc) is 2.79. The quantitative estimate of drug-likeness (QED) is 0.542. The summed E-state index contributed by atoms with van der Waals surface area (Å²) in [5.41, 5.74) is 3.01. The van der Waals surface area contributed by atoms with Gasteiger partial charge in [-0.25, -0.2) is 0 Å². The highest BCUT2D eigenvalue weighted by molar-refractivity contribution is 5.89. The van der Waals surface area contributed by atoms with Crippen molar-refractivity contribution in [2.45, 2.75) is 25.9 Å². The molecule has 1 atom stereocenters. The number of ether oxygens (including phenoxy) is 1. The first-order valence-electron chi connectivity index (χ1n) is 10.3. The maximum atomic E-state index is 12.9. The smallest absolute Gasteiger partial charge is 0.240 e. The molecule has 0 aliphatic heterocycles. The van der Waals surface area contributed by atoms with Gasteiger partial charge in [-0.15, -0.1) is 0 Å². The number of anilines is 1. The van der Waals surface area contributed by atoms with E-state index in [-0.39, 0.29) is 18.2 Å². The molecule has 5 heteroatoms. The highest BCUT2D eigenvalue weighted by atomic mass is 16.5. The summed E-state index contributed by atoms with van der Waals surface area (Å²) in [5, 5.41) is 2.92. The molecule has 160 valence electrons. The van der Waals surface area contributed by atoms with E-state index in [1.165, 1.54) is 6.92 Å². The predicted molar refractivity (Wildman–Crippen MR) is 123 cm³/mol. The van der Waals surface area contributed by atoms with Crippen LogP contribution in [0, 0.1) is 0 Å². The minimum absolute atomic E-state index is 0.0590. The number of rotatable bonds is 10. The van der Waals surface area contributed by atoms with Gasteiger partial charge in [-0.1, -0.05) is 60.7 Å². The van der Waals surface area contributed by atoms with E-state index < -0.39 is 6.04 Å². The molecular formula is C26H28N2O3. The summed E-state index contributed by atoms with van der Waals surface area (Å²) in [6, 6.07) is 26.8. The largest absolute Gasteiger partial charge is 0.497 e. The molecule has 0 aliphatic carbocycles. The molecule has 3 rings (SSSR count). The molecule has 3 aromatic carbocycles. The van der Waals surface area contributed by atoms with Gasteiger partial charge in [0.25, 0.3) is 0 Å². The lowest BCUT2D eigenvalue weighted by Crippen LogP contribution is -2.46. The summed E-state index contributed by atoms with van der Waals surface area (Å²) in [5.74, 6) is 0.506. The Morgan fingerprint density at radius 2 is 1.45 bits per heavy atom. The lowest BCUT2D eigenvalue weighted by molar-refractivity contribution is -0.126. The van der Waals surface area contributed by atoms with Crippen molar-refractivity contribution in [3.63, 3.8) is 0 Å². The van der Waals surface area contributed by atoms with Crippen LogP contribution in [-0.2, 0) is 22.6 Å². The van der Waals surface area contributed by atoms with Gasteiger partial charge in [0.05, 0.1) is 19.7 Å². The molecule has 1 unspecified atom stereocenters. The van der Waals surface area contributed by atoms with Crippen molar-refractivity contribution in [2.24, 2.45) is 0 Å². The molecule has 5 nitrogen and oxygen atoms in total. The molecular weight excluding hydrogens is 388 g/mol. The number of carbonyl (C=O) groups is 2. The van der Waals surface area contributed by atoms with Gasteiger partial charge in [-0.2, -0.15) is 0 Å². The van der Waals surface area contributed by atoms with Gasteiger partial charge in [-0.05, 0) is 48.7 Å². The van der Waals surface area contributed by atoms with Crippen LogP contribution in [0.5, 0.6) is 5.75 Å². The van der Waals surface area contributed by atoms with E-state index in [1.54, 1.807) is 7.11 Å². The van der Waals surface area contributed by atoms with Crippen LogP contribution in [0.3, 0.4) is 0 Å². The second-order valence-electron chi connectivity index (χ2n) is 7.46. The molecule has 1 N–H and O–H groups in total. The first kappa shape index (κ1) is 22.1. The number of methoxy groups -OCH3 is 1. The van der Waals surface area contributed by atoms with Gasteiger partial charge < -0.3 is 15.0 Å². The molecule has 0 fully saturated rings. The fourth-order valence-electron chi connectivity index (χ4n) is 3.39. The van der Waals surface area contributed by atoms with Crippen LogP contribution in [0.1, 0.15) is 18.1 Å². The zero-order valence-corrected chi connectivity index (χ0v) is 18.0. The van der Waals surface area contributed by atoms with Crippen molar-refractivity contribution >= 4 is 17.4 Å². The zero-order chi connectivity index (χ0) is 22.1. The van der Waals surface area contributed by atoms with Crippen LogP contribution in [0.2, 0.25) is 0 Å². The van der Waals surface area contributed by atoms with Crippen LogP contribution in [0.4, 0.5) is 5.69 Å². The second kappa shape index (κ2) is 11.0. The van der Waals surface area contributed by atoms with E-state index in [0.29, 0.717) is 13.0 Å². The van der Waals surface area contributed by atoms with E-state index in [2.05, 4.69) is 5.32 Å². The van der Waals surface area contributed by atoms with Gasteiger partial charge in [-0.3, -0.25) is 9.59 Å². The normalized spacial score (nSPS) is 11.4. The second-order valence-corrected chi connectivity index (χ2v) is 7.46. The Hall–Kier alpha value is -3.60. The highest BCUT2D eigenvalue weighted by Gasteiger charge is 2.20. The minimum atomic E-state index is -0.552. The molecule has 0 aromatic heterocycles. The van der Waals surface area contributed by atoms with E-state index in [0.717, 1.165) is 22.6 Å². The molecule has 31 heavy (non-hydrogen) atoms. The molecule has 0 saturated heterocycles. The third kappa shape index (κ3) is 6.71. The molecule has 0 bridgehead atoms. The van der Waals surface area contributed by atoms with Gasteiger partial charge in [0, 0.05) is 12.2 Å². The number of ketones is 1. The Morgan fingerprint density at radius 1 is 0.871 bits per heavy atom. The van der Waals surface area contributed by atoms with E-state index in [1.807, 2.05) is 89.8 Å². The number of hydrogen-bond donors (Lipinski definition) is 1. The Morgan fingerprint density at radius 3 is 2.00 bits per heavy atom. The number of nitrogens with one attached hydrogen (secondary N) is 1. The Labute approximate surface area is 183 Å². The number of hydrogen-bond acceptors (Lipinski definition) is 4. The third-order valence-corrected chi connectivity index (χ3v) is 5.10. The average molecular weight is 417 g/mol. The van der Waals surface area contributed by atoms with Crippen LogP contribution >= 0.6 is 0 Å². The van der Waals surface area contributed by atoms with Crippen molar-refractivity contribution < 1.29 is 14.3 Å². The lowest BCUT2D eigenvalue weighted by atomic mass is 10.0. The van der Waals surface area contributed by atoms with Gasteiger partial charge in [0.1, 0.15) is 5.75 Å². The molecule has 0 radical (unpaired) electrons. The van der Waals surface area contributed by atoms with Crippen molar-refractivity contribution in [2.75, 3.05) is 18.6 Å². The predicted octanol–water partition coefficient (Wildman–Crippen LogP) is 4.02. The van der Waals surface area contributed by atoms with E-state index >= 15 is 0 Å². The Balaban J connectivity index is 1.73. The molecule has 0 spiro atoms. The van der Waals surface area contributed by atoms with Crippen molar-refractivity contribution in [1.29, 1.82) is 0 Å². The van der Waals surface area contributed by atoms with Crippen LogP contribution in [0.15, 0.2) is 84.9 Å². The number of nitrogens with zero attached hydrogens (tertiary/aromatic N) is 1. The maximum Gasteiger partial charge on any atom is 0.240 e. The van der Waals surface area contributed by atoms with E-state index in [4.69, 9.17) is 4.74 Å². The highest BCUT2D eigenvalue weighted by Crippen LogP contribution is 2.21. The molecule has 0 saturated carbocycles. The maximum absolute atomic E-state index is 12.9. The number of Topliss-reactive ketones (excluding diaryl/α,β-unsaturated/α-hetero) is 1. The lowest BCUT2D eigenvalue weighted by Gasteiger charge is -2.26. The van der Waals surface area contributed by atoms with Crippen molar-refractivity contribution in [3.05, 3.63) is 96.1 Å². The summed E-state index contributed by atoms with van der Waals surface area (Å²) in [6.07, 6.45) is 0.475. The van der Waals surface area contributed by atoms with Gasteiger partial charge in [0.15, 0.2) is 5.78 Å². The van der Waals surface area contributed by atoms with Gasteiger partial charge >= 0.3 is 0 Å².